The van der Waals surface area contributed by atoms with Gasteiger partial charge >= 0.3 is 0 Å². The molecule has 0 spiro atoms. The van der Waals surface area contributed by atoms with E-state index >= 15 is 0 Å². The number of hydrogen-bond acceptors (Lipinski definition) is 0. The monoisotopic (exact) mass is 129 g/mol. The highest BCUT2D eigenvalue weighted by Gasteiger charge is 1.96. The molecule has 0 aromatic carbocycles. The highest BCUT2D eigenvalue weighted by Crippen LogP contribution is 2.16. The average Bonchev–Trinajstić information content (AvgIpc) is 1.98. The van der Waals surface area contributed by atoms with Gasteiger partial charge < -0.3 is 4.98 Å². The maximum atomic E-state index is 5.70. The first-order chi connectivity index (χ1) is 3.72. The lowest BCUT2D eigenvalue weighted by Crippen LogP contribution is -1.70. The second kappa shape index (κ2) is 1.82. The molecular formula is C6H8ClN. The molecular weight excluding hydrogens is 122 g/mol. The van der Waals surface area contributed by atoms with Crippen LogP contribution in [0.3, 0.4) is 0 Å². The molecule has 1 heterocycles. The fraction of sp³-hybridized carbons (Fsp3) is 0.333. The molecule has 0 aliphatic heterocycles. The maximum Gasteiger partial charge on any atom is 0.0612 e. The molecule has 8 heavy (non-hydrogen) atoms. The molecule has 0 saturated heterocycles. The molecule has 1 aromatic heterocycles. The van der Waals surface area contributed by atoms with E-state index in [1.807, 2.05) is 13.8 Å². The standard InChI is InChI=1S/C6H8ClN/c1-4-5(2)8-3-6(4)7/h3,8H,1-2H3. The SMILES string of the molecule is Cc1[nH]cc(Cl)c1C. The van der Waals surface area contributed by atoms with Crippen LogP contribution >= 0.6 is 11.6 Å². The van der Waals surface area contributed by atoms with E-state index in [4.69, 9.17) is 11.6 Å². The lowest BCUT2D eigenvalue weighted by molar-refractivity contribution is 1.23. The van der Waals surface area contributed by atoms with Crippen LogP contribution in [0.2, 0.25) is 5.02 Å². The highest BCUT2D eigenvalue weighted by molar-refractivity contribution is 6.31. The number of nitrogens with one attached hydrogen (secondary N) is 1. The van der Waals surface area contributed by atoms with Gasteiger partial charge in [0.1, 0.15) is 0 Å². The first-order valence-electron chi connectivity index (χ1n) is 2.52. The van der Waals surface area contributed by atoms with Crippen molar-refractivity contribution in [3.05, 3.63) is 22.5 Å². The molecule has 0 bridgehead atoms. The van der Waals surface area contributed by atoms with Gasteiger partial charge in [0.25, 0.3) is 0 Å². The van der Waals surface area contributed by atoms with E-state index < -0.39 is 0 Å². The molecule has 0 atom stereocenters. The topological polar surface area (TPSA) is 15.8 Å². The van der Waals surface area contributed by atoms with Gasteiger partial charge in [0, 0.05) is 11.9 Å². The van der Waals surface area contributed by atoms with E-state index in [2.05, 4.69) is 4.98 Å². The number of hydrogen-bond donors (Lipinski definition) is 1. The Morgan fingerprint density at radius 3 is 2.25 bits per heavy atom. The van der Waals surface area contributed by atoms with Gasteiger partial charge in [-0.1, -0.05) is 11.6 Å². The van der Waals surface area contributed by atoms with Gasteiger partial charge in [0.05, 0.1) is 5.02 Å². The van der Waals surface area contributed by atoms with E-state index in [0.717, 1.165) is 16.3 Å². The van der Waals surface area contributed by atoms with Crippen LogP contribution in [0.5, 0.6) is 0 Å². The van der Waals surface area contributed by atoms with Crippen LogP contribution in [0, 0.1) is 13.8 Å². The van der Waals surface area contributed by atoms with Crippen LogP contribution in [0.4, 0.5) is 0 Å². The van der Waals surface area contributed by atoms with Crippen molar-refractivity contribution in [2.24, 2.45) is 0 Å². The Labute approximate surface area is 53.7 Å². The van der Waals surface area contributed by atoms with E-state index in [9.17, 15) is 0 Å². The molecule has 0 radical (unpaired) electrons. The summed E-state index contributed by atoms with van der Waals surface area (Å²) in [6.07, 6.45) is 1.80. The normalized spacial score (nSPS) is 9.88. The molecule has 2 heteroatoms. The molecule has 0 saturated carbocycles. The number of aromatic nitrogens is 1. The van der Waals surface area contributed by atoms with Crippen molar-refractivity contribution in [2.45, 2.75) is 13.8 Å². The number of H-pyrrole nitrogens is 1. The third kappa shape index (κ3) is 0.736. The molecule has 0 fully saturated rings. The second-order valence-corrected chi connectivity index (χ2v) is 2.29. The summed E-state index contributed by atoms with van der Waals surface area (Å²) < 4.78 is 0. The Morgan fingerprint density at radius 1 is 1.50 bits per heavy atom. The summed E-state index contributed by atoms with van der Waals surface area (Å²) in [5.74, 6) is 0. The largest absolute Gasteiger partial charge is 0.364 e. The fourth-order valence-electron chi connectivity index (χ4n) is 0.567. The number of halogens is 1. The van der Waals surface area contributed by atoms with Crippen LogP contribution in [-0.4, -0.2) is 4.98 Å². The summed E-state index contributed by atoms with van der Waals surface area (Å²) >= 11 is 5.70. The van der Waals surface area contributed by atoms with E-state index in [1.54, 1.807) is 6.20 Å². The molecule has 1 aromatic rings. The molecule has 1 rings (SSSR count). The van der Waals surface area contributed by atoms with Crippen LogP contribution in [-0.2, 0) is 0 Å². The molecule has 0 amide bonds. The van der Waals surface area contributed by atoms with Crippen molar-refractivity contribution >= 4 is 11.6 Å². The summed E-state index contributed by atoms with van der Waals surface area (Å²) in [6.45, 7) is 4.00. The number of rotatable bonds is 0. The third-order valence-electron chi connectivity index (χ3n) is 1.34. The summed E-state index contributed by atoms with van der Waals surface area (Å²) in [6, 6.07) is 0. The summed E-state index contributed by atoms with van der Waals surface area (Å²) in [4.78, 5) is 3.00. The van der Waals surface area contributed by atoms with Gasteiger partial charge in [-0.2, -0.15) is 0 Å². The number of aromatic amines is 1. The van der Waals surface area contributed by atoms with E-state index in [-0.39, 0.29) is 0 Å². The lowest BCUT2D eigenvalue weighted by atomic mass is 10.3. The minimum atomic E-state index is 0.822. The van der Waals surface area contributed by atoms with Crippen molar-refractivity contribution < 1.29 is 0 Å². The number of aryl methyl sites for hydroxylation is 1. The first-order valence-corrected chi connectivity index (χ1v) is 2.89. The zero-order valence-electron chi connectivity index (χ0n) is 4.96. The van der Waals surface area contributed by atoms with Gasteiger partial charge in [0.2, 0.25) is 0 Å². The Kier molecular flexibility index (Phi) is 1.30. The summed E-state index contributed by atoms with van der Waals surface area (Å²) in [5, 5.41) is 0.822. The zero-order chi connectivity index (χ0) is 6.15. The predicted molar refractivity (Wildman–Crippen MR) is 35.3 cm³/mol. The Balaban J connectivity index is 3.19. The van der Waals surface area contributed by atoms with Gasteiger partial charge in [-0.05, 0) is 19.4 Å². The van der Waals surface area contributed by atoms with Gasteiger partial charge in [-0.25, -0.2) is 0 Å². The van der Waals surface area contributed by atoms with Gasteiger partial charge in [-0.15, -0.1) is 0 Å². The first kappa shape index (κ1) is 5.70. The minimum absolute atomic E-state index is 0.822. The Hall–Kier alpha value is -0.430. The van der Waals surface area contributed by atoms with Crippen LogP contribution in [0.1, 0.15) is 11.3 Å². The smallest absolute Gasteiger partial charge is 0.0612 e. The molecule has 0 aliphatic carbocycles. The van der Waals surface area contributed by atoms with Crippen molar-refractivity contribution in [2.75, 3.05) is 0 Å². The maximum absolute atomic E-state index is 5.70. The third-order valence-corrected chi connectivity index (χ3v) is 1.73. The predicted octanol–water partition coefficient (Wildman–Crippen LogP) is 2.28. The van der Waals surface area contributed by atoms with Gasteiger partial charge in [0.15, 0.2) is 0 Å². The van der Waals surface area contributed by atoms with Crippen molar-refractivity contribution in [1.82, 2.24) is 4.98 Å². The van der Waals surface area contributed by atoms with E-state index in [1.165, 1.54) is 0 Å². The minimum Gasteiger partial charge on any atom is -0.364 e. The molecule has 44 valence electrons. The lowest BCUT2D eigenvalue weighted by Gasteiger charge is -1.84. The van der Waals surface area contributed by atoms with Crippen LogP contribution in [0.15, 0.2) is 6.20 Å². The van der Waals surface area contributed by atoms with Crippen LogP contribution in [0.25, 0.3) is 0 Å². The van der Waals surface area contributed by atoms with Crippen molar-refractivity contribution in [3.63, 3.8) is 0 Å². The van der Waals surface area contributed by atoms with Crippen molar-refractivity contribution in [3.8, 4) is 0 Å². The summed E-state index contributed by atoms with van der Waals surface area (Å²) in [5.41, 5.74) is 2.29. The molecule has 1 nitrogen and oxygen atoms in total. The zero-order valence-corrected chi connectivity index (χ0v) is 5.71. The second-order valence-electron chi connectivity index (χ2n) is 1.89. The fourth-order valence-corrected chi connectivity index (χ4v) is 0.764. The van der Waals surface area contributed by atoms with Crippen molar-refractivity contribution in [1.29, 1.82) is 0 Å². The van der Waals surface area contributed by atoms with E-state index in [0.29, 0.717) is 0 Å². The molecule has 0 unspecified atom stereocenters. The van der Waals surface area contributed by atoms with Crippen LogP contribution < -0.4 is 0 Å². The Bertz CT molecular complexity index is 171. The van der Waals surface area contributed by atoms with Gasteiger partial charge in [-0.3, -0.25) is 0 Å². The highest BCUT2D eigenvalue weighted by atomic mass is 35.5. The Morgan fingerprint density at radius 2 is 2.12 bits per heavy atom. The molecule has 0 aliphatic rings. The molecule has 1 N–H and O–H groups in total. The average molecular weight is 130 g/mol. The summed E-state index contributed by atoms with van der Waals surface area (Å²) in [7, 11) is 0. The quantitative estimate of drug-likeness (QED) is 0.553.